The van der Waals surface area contributed by atoms with Crippen molar-refractivity contribution in [1.29, 1.82) is 5.26 Å². The van der Waals surface area contributed by atoms with E-state index in [1.807, 2.05) is 6.07 Å². The molecule has 1 aromatic carbocycles. The lowest BCUT2D eigenvalue weighted by Crippen LogP contribution is -2.41. The Balaban J connectivity index is 1.65. The molecule has 2 N–H and O–H groups in total. The summed E-state index contributed by atoms with van der Waals surface area (Å²) in [7, 11) is 0. The van der Waals surface area contributed by atoms with Crippen molar-refractivity contribution in [3.8, 4) is 6.07 Å². The molecule has 2 amide bonds. The smallest absolute Gasteiger partial charge is 0.233 e. The van der Waals surface area contributed by atoms with Crippen molar-refractivity contribution in [1.82, 2.24) is 10.2 Å². The van der Waals surface area contributed by atoms with Crippen molar-refractivity contribution in [3.63, 3.8) is 0 Å². The number of nitrogens with zero attached hydrogens (tertiary/aromatic N) is 2. The summed E-state index contributed by atoms with van der Waals surface area (Å²) < 4.78 is 5.25. The Bertz CT molecular complexity index is 574. The average Bonchev–Trinajstić information content (AvgIpc) is 2.56. The maximum absolute atomic E-state index is 11.8. The van der Waals surface area contributed by atoms with Crippen LogP contribution in [0, 0.1) is 11.3 Å². The fourth-order valence-corrected chi connectivity index (χ4v) is 2.22. The van der Waals surface area contributed by atoms with Crippen molar-refractivity contribution in [2.45, 2.75) is 6.42 Å². The van der Waals surface area contributed by atoms with Gasteiger partial charge in [-0.15, -0.1) is 0 Å². The molecule has 0 radical (unpaired) electrons. The summed E-state index contributed by atoms with van der Waals surface area (Å²) in [6.45, 7) is 4.46. The van der Waals surface area contributed by atoms with E-state index in [4.69, 9.17) is 10.00 Å². The topological polar surface area (TPSA) is 94.5 Å². The average molecular weight is 316 g/mol. The van der Waals surface area contributed by atoms with Crippen molar-refractivity contribution >= 4 is 17.5 Å². The third kappa shape index (κ3) is 6.06. The summed E-state index contributed by atoms with van der Waals surface area (Å²) >= 11 is 0. The van der Waals surface area contributed by atoms with Crippen LogP contribution in [-0.4, -0.2) is 56.1 Å². The van der Waals surface area contributed by atoms with Crippen molar-refractivity contribution < 1.29 is 14.3 Å². The quantitative estimate of drug-likeness (QED) is 0.738. The summed E-state index contributed by atoms with van der Waals surface area (Å²) in [5.41, 5.74) is 1.08. The van der Waals surface area contributed by atoms with Gasteiger partial charge in [-0.05, 0) is 24.3 Å². The van der Waals surface area contributed by atoms with Crippen LogP contribution in [0.5, 0.6) is 0 Å². The number of ether oxygens (including phenoxy) is 1. The van der Waals surface area contributed by atoms with Crippen molar-refractivity contribution in [2.24, 2.45) is 0 Å². The van der Waals surface area contributed by atoms with Gasteiger partial charge in [-0.2, -0.15) is 5.26 Å². The number of hydrogen-bond donors (Lipinski definition) is 2. The fraction of sp³-hybridized carbons (Fsp3) is 0.438. The van der Waals surface area contributed by atoms with Gasteiger partial charge < -0.3 is 15.4 Å². The highest BCUT2D eigenvalue weighted by Crippen LogP contribution is 2.08. The van der Waals surface area contributed by atoms with Gasteiger partial charge >= 0.3 is 0 Å². The zero-order chi connectivity index (χ0) is 16.5. The number of nitrogens with one attached hydrogen (secondary N) is 2. The summed E-state index contributed by atoms with van der Waals surface area (Å²) in [5.74, 6) is -0.678. The van der Waals surface area contributed by atoms with E-state index < -0.39 is 0 Å². The second kappa shape index (κ2) is 8.88. The first-order chi connectivity index (χ1) is 11.2. The molecular weight excluding hydrogens is 296 g/mol. The SMILES string of the molecule is N#Cc1ccc(NC(=O)CC(=O)NCCN2CCOCC2)cc1. The van der Waals surface area contributed by atoms with E-state index in [2.05, 4.69) is 15.5 Å². The molecule has 1 aliphatic rings. The molecule has 122 valence electrons. The second-order valence-corrected chi connectivity index (χ2v) is 5.22. The maximum Gasteiger partial charge on any atom is 0.233 e. The summed E-state index contributed by atoms with van der Waals surface area (Å²) in [6.07, 6.45) is -0.219. The minimum Gasteiger partial charge on any atom is -0.379 e. The lowest BCUT2D eigenvalue weighted by molar-refractivity contribution is -0.126. The predicted octanol–water partition coefficient (Wildman–Crippen LogP) is 0.335. The van der Waals surface area contributed by atoms with Gasteiger partial charge in [0.2, 0.25) is 11.8 Å². The molecule has 2 rings (SSSR count). The first kappa shape index (κ1) is 16.9. The van der Waals surface area contributed by atoms with Gasteiger partial charge in [-0.25, -0.2) is 0 Å². The van der Waals surface area contributed by atoms with Crippen LogP contribution in [0.1, 0.15) is 12.0 Å². The molecule has 0 bridgehead atoms. The molecule has 1 aromatic rings. The molecule has 1 fully saturated rings. The largest absolute Gasteiger partial charge is 0.379 e. The first-order valence-electron chi connectivity index (χ1n) is 7.54. The van der Waals surface area contributed by atoms with Gasteiger partial charge in [0.1, 0.15) is 6.42 Å². The Hall–Kier alpha value is -2.43. The van der Waals surface area contributed by atoms with Crippen LogP contribution in [0.4, 0.5) is 5.69 Å². The number of hydrogen-bond acceptors (Lipinski definition) is 5. The lowest BCUT2D eigenvalue weighted by Gasteiger charge is -2.26. The van der Waals surface area contributed by atoms with Crippen molar-refractivity contribution in [3.05, 3.63) is 29.8 Å². The zero-order valence-corrected chi connectivity index (χ0v) is 12.9. The molecule has 1 saturated heterocycles. The summed E-state index contributed by atoms with van der Waals surface area (Å²) in [4.78, 5) is 25.7. The molecular formula is C16H20N4O3. The fourth-order valence-electron chi connectivity index (χ4n) is 2.22. The normalized spacial score (nSPS) is 14.7. The second-order valence-electron chi connectivity index (χ2n) is 5.22. The number of amides is 2. The predicted molar refractivity (Wildman–Crippen MR) is 84.7 cm³/mol. The molecule has 0 unspecified atom stereocenters. The number of anilines is 1. The van der Waals surface area contributed by atoms with E-state index in [9.17, 15) is 9.59 Å². The Morgan fingerprint density at radius 2 is 1.87 bits per heavy atom. The van der Waals surface area contributed by atoms with Gasteiger partial charge in [-0.3, -0.25) is 14.5 Å². The van der Waals surface area contributed by atoms with Crippen LogP contribution in [0.25, 0.3) is 0 Å². The molecule has 0 spiro atoms. The Morgan fingerprint density at radius 3 is 2.52 bits per heavy atom. The number of nitriles is 1. The van der Waals surface area contributed by atoms with Crippen LogP contribution in [0.3, 0.4) is 0 Å². The molecule has 7 heteroatoms. The lowest BCUT2D eigenvalue weighted by atomic mass is 10.2. The van der Waals surface area contributed by atoms with Gasteiger partial charge in [0, 0.05) is 31.9 Å². The molecule has 0 saturated carbocycles. The molecule has 0 aliphatic carbocycles. The number of morpholine rings is 1. The van der Waals surface area contributed by atoms with E-state index in [1.54, 1.807) is 24.3 Å². The highest BCUT2D eigenvalue weighted by molar-refractivity contribution is 6.03. The monoisotopic (exact) mass is 316 g/mol. The molecule has 23 heavy (non-hydrogen) atoms. The highest BCUT2D eigenvalue weighted by atomic mass is 16.5. The van der Waals surface area contributed by atoms with Gasteiger partial charge in [0.15, 0.2) is 0 Å². The number of carbonyl (C=O) groups excluding carboxylic acids is 2. The van der Waals surface area contributed by atoms with E-state index in [1.165, 1.54) is 0 Å². The Labute approximate surface area is 135 Å². The maximum atomic E-state index is 11.8. The third-order valence-electron chi connectivity index (χ3n) is 3.47. The van der Waals surface area contributed by atoms with E-state index in [-0.39, 0.29) is 18.2 Å². The van der Waals surface area contributed by atoms with Crippen LogP contribution in [0.2, 0.25) is 0 Å². The summed E-state index contributed by atoms with van der Waals surface area (Å²) in [5, 5.41) is 14.1. The van der Waals surface area contributed by atoms with E-state index >= 15 is 0 Å². The number of benzene rings is 1. The summed E-state index contributed by atoms with van der Waals surface area (Å²) in [6, 6.07) is 8.48. The Kier molecular flexibility index (Phi) is 6.54. The highest BCUT2D eigenvalue weighted by Gasteiger charge is 2.12. The molecule has 0 atom stereocenters. The van der Waals surface area contributed by atoms with Gasteiger partial charge in [0.25, 0.3) is 0 Å². The van der Waals surface area contributed by atoms with Crippen LogP contribution >= 0.6 is 0 Å². The Morgan fingerprint density at radius 1 is 1.17 bits per heavy atom. The molecule has 7 nitrogen and oxygen atoms in total. The minimum atomic E-state index is -0.376. The van der Waals surface area contributed by atoms with Crippen molar-refractivity contribution in [2.75, 3.05) is 44.7 Å². The molecule has 1 aliphatic heterocycles. The van der Waals surface area contributed by atoms with E-state index in [0.29, 0.717) is 17.8 Å². The number of rotatable bonds is 6. The molecule has 0 aromatic heterocycles. The standard InChI is InChI=1S/C16H20N4O3/c17-12-13-1-3-14(4-2-13)19-16(22)11-15(21)18-5-6-20-7-9-23-10-8-20/h1-4H,5-11H2,(H,18,21)(H,19,22). The first-order valence-corrected chi connectivity index (χ1v) is 7.54. The van der Waals surface area contributed by atoms with Crippen LogP contribution < -0.4 is 10.6 Å². The van der Waals surface area contributed by atoms with Gasteiger partial charge in [0.05, 0.1) is 24.8 Å². The van der Waals surface area contributed by atoms with E-state index in [0.717, 1.165) is 32.8 Å². The van der Waals surface area contributed by atoms with Crippen LogP contribution in [0.15, 0.2) is 24.3 Å². The van der Waals surface area contributed by atoms with Crippen LogP contribution in [-0.2, 0) is 14.3 Å². The third-order valence-corrected chi connectivity index (χ3v) is 3.47. The zero-order valence-electron chi connectivity index (χ0n) is 12.9. The van der Waals surface area contributed by atoms with Gasteiger partial charge in [-0.1, -0.05) is 0 Å². The molecule has 1 heterocycles. The number of carbonyl (C=O) groups is 2. The minimum absolute atomic E-state index is 0.219.